The Balaban J connectivity index is 1.48. The van der Waals surface area contributed by atoms with Gasteiger partial charge in [-0.3, -0.25) is 19.6 Å². The van der Waals surface area contributed by atoms with Gasteiger partial charge in [-0.25, -0.2) is 4.39 Å². The molecule has 0 atom stereocenters. The lowest BCUT2D eigenvalue weighted by Gasteiger charge is -2.16. The van der Waals surface area contributed by atoms with E-state index in [0.717, 1.165) is 16.8 Å². The second-order valence-corrected chi connectivity index (χ2v) is 6.59. The first-order valence-corrected chi connectivity index (χ1v) is 8.80. The van der Waals surface area contributed by atoms with E-state index < -0.39 is 5.82 Å². The Hall–Kier alpha value is -3.61. The molecule has 1 aliphatic heterocycles. The van der Waals surface area contributed by atoms with Crippen molar-refractivity contribution in [2.45, 2.75) is 19.5 Å². The highest BCUT2D eigenvalue weighted by Gasteiger charge is 2.25. The van der Waals surface area contributed by atoms with Gasteiger partial charge in [-0.05, 0) is 41.5 Å². The number of carbonyl (C=O) groups is 2. The molecule has 1 aliphatic rings. The average molecular weight is 376 g/mol. The van der Waals surface area contributed by atoms with Crippen molar-refractivity contribution in [3.8, 4) is 0 Å². The molecule has 0 spiro atoms. The summed E-state index contributed by atoms with van der Waals surface area (Å²) in [4.78, 5) is 34.9. The predicted octanol–water partition coefficient (Wildman–Crippen LogP) is 2.95. The average Bonchev–Trinajstić information content (AvgIpc) is 3.12. The number of nitrogens with one attached hydrogen (secondary N) is 1. The van der Waals surface area contributed by atoms with Crippen LogP contribution in [-0.4, -0.2) is 26.7 Å². The molecule has 1 aromatic carbocycles. The Labute approximate surface area is 161 Å². The first-order valence-electron chi connectivity index (χ1n) is 8.80. The topological polar surface area (TPSA) is 75.2 Å². The maximum atomic E-state index is 14.1. The van der Waals surface area contributed by atoms with Crippen LogP contribution in [0.2, 0.25) is 0 Å². The minimum atomic E-state index is -0.586. The minimum absolute atomic E-state index is 0.112. The van der Waals surface area contributed by atoms with Crippen LogP contribution >= 0.6 is 0 Å². The van der Waals surface area contributed by atoms with Crippen molar-refractivity contribution in [1.82, 2.24) is 14.9 Å². The molecular formula is C21H17FN4O2. The van der Waals surface area contributed by atoms with Crippen LogP contribution < -0.4 is 5.32 Å². The summed E-state index contributed by atoms with van der Waals surface area (Å²) < 4.78 is 14.1. The van der Waals surface area contributed by atoms with Gasteiger partial charge < -0.3 is 10.2 Å². The van der Waals surface area contributed by atoms with Gasteiger partial charge in [0.25, 0.3) is 5.91 Å². The molecule has 28 heavy (non-hydrogen) atoms. The molecule has 2 amide bonds. The molecule has 0 saturated heterocycles. The first kappa shape index (κ1) is 17.8. The fourth-order valence-corrected chi connectivity index (χ4v) is 3.20. The zero-order chi connectivity index (χ0) is 19.5. The highest BCUT2D eigenvalue weighted by atomic mass is 19.1. The van der Waals surface area contributed by atoms with Crippen LogP contribution in [0, 0.1) is 5.82 Å². The molecular weight excluding hydrogens is 359 g/mol. The quantitative estimate of drug-likeness (QED) is 0.760. The molecule has 0 bridgehead atoms. The molecule has 4 rings (SSSR count). The summed E-state index contributed by atoms with van der Waals surface area (Å²) in [5.74, 6) is -1.20. The van der Waals surface area contributed by atoms with E-state index >= 15 is 0 Å². The third-order valence-corrected chi connectivity index (χ3v) is 4.49. The number of nitrogens with zero attached hydrogens (tertiary/aromatic N) is 3. The zero-order valence-corrected chi connectivity index (χ0v) is 14.9. The Morgan fingerprint density at radius 1 is 1.11 bits per heavy atom. The van der Waals surface area contributed by atoms with Gasteiger partial charge in [-0.1, -0.05) is 12.1 Å². The van der Waals surface area contributed by atoms with Crippen molar-refractivity contribution in [3.63, 3.8) is 0 Å². The van der Waals surface area contributed by atoms with Gasteiger partial charge in [-0.15, -0.1) is 0 Å². The number of halogens is 1. The summed E-state index contributed by atoms with van der Waals surface area (Å²) in [6.07, 6.45) is 5.02. The van der Waals surface area contributed by atoms with Crippen LogP contribution in [0.5, 0.6) is 0 Å². The lowest BCUT2D eigenvalue weighted by Crippen LogP contribution is -2.25. The van der Waals surface area contributed by atoms with Gasteiger partial charge in [0.2, 0.25) is 5.91 Å². The van der Waals surface area contributed by atoms with E-state index in [4.69, 9.17) is 0 Å². The van der Waals surface area contributed by atoms with Crippen LogP contribution in [0.4, 0.5) is 10.1 Å². The Bertz CT molecular complexity index is 1010. The summed E-state index contributed by atoms with van der Waals surface area (Å²) >= 11 is 0. The summed E-state index contributed by atoms with van der Waals surface area (Å²) in [5.41, 5.74) is 3.00. The second-order valence-electron chi connectivity index (χ2n) is 6.59. The highest BCUT2D eigenvalue weighted by Crippen LogP contribution is 2.24. The lowest BCUT2D eigenvalue weighted by atomic mass is 10.1. The van der Waals surface area contributed by atoms with Crippen LogP contribution in [0.3, 0.4) is 0 Å². The van der Waals surface area contributed by atoms with E-state index in [-0.39, 0.29) is 29.5 Å². The molecule has 0 unspecified atom stereocenters. The van der Waals surface area contributed by atoms with Gasteiger partial charge in [-0.2, -0.15) is 0 Å². The number of pyridine rings is 2. The maximum Gasteiger partial charge on any atom is 0.254 e. The molecule has 6 nitrogen and oxygen atoms in total. The smallest absolute Gasteiger partial charge is 0.254 e. The number of rotatable bonds is 4. The third-order valence-electron chi connectivity index (χ3n) is 4.49. The van der Waals surface area contributed by atoms with Gasteiger partial charge in [0.05, 0.1) is 18.7 Å². The van der Waals surface area contributed by atoms with Crippen LogP contribution in [0.25, 0.3) is 0 Å². The number of amides is 2. The van der Waals surface area contributed by atoms with E-state index in [2.05, 4.69) is 15.3 Å². The van der Waals surface area contributed by atoms with Crippen LogP contribution in [0.15, 0.2) is 61.1 Å². The van der Waals surface area contributed by atoms with E-state index in [1.165, 1.54) is 18.2 Å². The standard InChI is InChI=1S/C21H17FN4O2/c22-17-8-16(21(28)26-12-15-4-2-6-24-19(15)13-26)9-18(10-17)25-20(27)7-14-3-1-5-23-11-14/h1-6,8-11H,7,12-13H2,(H,25,27). The van der Waals surface area contributed by atoms with E-state index in [1.54, 1.807) is 35.6 Å². The Kier molecular flexibility index (Phi) is 4.80. The monoisotopic (exact) mass is 376 g/mol. The van der Waals surface area contributed by atoms with Gasteiger partial charge in [0.15, 0.2) is 0 Å². The van der Waals surface area contributed by atoms with Crippen molar-refractivity contribution >= 4 is 17.5 Å². The van der Waals surface area contributed by atoms with Gasteiger partial charge >= 0.3 is 0 Å². The van der Waals surface area contributed by atoms with Crippen molar-refractivity contribution < 1.29 is 14.0 Å². The number of benzene rings is 1. The molecule has 140 valence electrons. The van der Waals surface area contributed by atoms with Crippen molar-refractivity contribution in [1.29, 1.82) is 0 Å². The second kappa shape index (κ2) is 7.56. The molecule has 0 saturated carbocycles. The first-order chi connectivity index (χ1) is 13.6. The van der Waals surface area contributed by atoms with Crippen LogP contribution in [-0.2, 0) is 24.3 Å². The van der Waals surface area contributed by atoms with Gasteiger partial charge in [0.1, 0.15) is 5.82 Å². The number of hydrogen-bond acceptors (Lipinski definition) is 4. The summed E-state index contributed by atoms with van der Waals surface area (Å²) in [7, 11) is 0. The van der Waals surface area contributed by atoms with Gasteiger partial charge in [0, 0.05) is 36.4 Å². The molecule has 1 N–H and O–H groups in total. The lowest BCUT2D eigenvalue weighted by molar-refractivity contribution is -0.115. The Morgan fingerprint density at radius 3 is 2.75 bits per heavy atom. The normalized spacial score (nSPS) is 12.5. The predicted molar refractivity (Wildman–Crippen MR) is 101 cm³/mol. The summed E-state index contributed by atoms with van der Waals surface area (Å²) in [5, 5.41) is 2.64. The fourth-order valence-electron chi connectivity index (χ4n) is 3.20. The van der Waals surface area contributed by atoms with Crippen LogP contribution in [0.1, 0.15) is 27.2 Å². The number of aromatic nitrogens is 2. The minimum Gasteiger partial charge on any atom is -0.328 e. The molecule has 3 heterocycles. The molecule has 0 radical (unpaired) electrons. The SMILES string of the molecule is O=C(Cc1cccnc1)Nc1cc(F)cc(C(=O)N2Cc3cccnc3C2)c1. The highest BCUT2D eigenvalue weighted by molar-refractivity contribution is 5.97. The number of anilines is 1. The molecule has 2 aromatic heterocycles. The van der Waals surface area contributed by atoms with E-state index in [1.807, 2.05) is 12.1 Å². The maximum absolute atomic E-state index is 14.1. The largest absolute Gasteiger partial charge is 0.328 e. The van der Waals surface area contributed by atoms with E-state index in [0.29, 0.717) is 13.1 Å². The molecule has 3 aromatic rings. The summed E-state index contributed by atoms with van der Waals surface area (Å²) in [6.45, 7) is 0.815. The zero-order valence-electron chi connectivity index (χ0n) is 14.9. The number of fused-ring (bicyclic) bond motifs is 1. The number of carbonyl (C=O) groups excluding carboxylic acids is 2. The van der Waals surface area contributed by atoms with Crippen molar-refractivity contribution in [3.05, 3.63) is 89.3 Å². The molecule has 0 fully saturated rings. The van der Waals surface area contributed by atoms with Crippen molar-refractivity contribution in [2.24, 2.45) is 0 Å². The summed E-state index contributed by atoms with van der Waals surface area (Å²) in [6, 6.07) is 11.1. The molecule has 0 aliphatic carbocycles. The number of hydrogen-bond donors (Lipinski definition) is 1. The van der Waals surface area contributed by atoms with Crippen molar-refractivity contribution in [2.75, 3.05) is 5.32 Å². The third kappa shape index (κ3) is 3.88. The Morgan fingerprint density at radius 2 is 1.96 bits per heavy atom. The van der Waals surface area contributed by atoms with E-state index in [9.17, 15) is 14.0 Å². The fraction of sp³-hybridized carbons (Fsp3) is 0.143. The molecule has 7 heteroatoms.